The van der Waals surface area contributed by atoms with Crippen LogP contribution in [0.25, 0.3) is 0 Å². The number of ether oxygens (including phenoxy) is 1. The van der Waals surface area contributed by atoms with Gasteiger partial charge in [-0.25, -0.2) is 0 Å². The maximum Gasteiger partial charge on any atom is 0.244 e. The van der Waals surface area contributed by atoms with Crippen molar-refractivity contribution in [3.8, 4) is 0 Å². The molecule has 1 aliphatic heterocycles. The van der Waals surface area contributed by atoms with Crippen LogP contribution in [0.2, 0.25) is 0 Å². The van der Waals surface area contributed by atoms with Crippen LogP contribution in [0.1, 0.15) is 26.3 Å². The van der Waals surface area contributed by atoms with Crippen molar-refractivity contribution in [2.45, 2.75) is 45.9 Å². The number of carbonyl (C=O) groups is 1. The molecule has 1 amide bonds. The van der Waals surface area contributed by atoms with Gasteiger partial charge in [-0.05, 0) is 51.5 Å². The summed E-state index contributed by atoms with van der Waals surface area (Å²) in [5.41, 5.74) is 2.11. The molecular weight excluding hydrogens is 332 g/mol. The predicted molar refractivity (Wildman–Crippen MR) is 88.6 cm³/mol. The number of benzene rings is 1. The Morgan fingerprint density at radius 3 is 2.57 bits per heavy atom. The van der Waals surface area contributed by atoms with E-state index in [-0.39, 0.29) is 24.2 Å². The fraction of sp³-hybridized carbons (Fsp3) is 0.562. The molecule has 0 aliphatic carbocycles. The Kier molecular flexibility index (Phi) is 5.27. The monoisotopic (exact) mass is 354 g/mol. The van der Waals surface area contributed by atoms with E-state index in [2.05, 4.69) is 21.2 Å². The summed E-state index contributed by atoms with van der Waals surface area (Å²) in [6, 6.07) is 5.76. The summed E-state index contributed by atoms with van der Waals surface area (Å²) in [6.45, 7) is 9.28. The van der Waals surface area contributed by atoms with Crippen LogP contribution in [0, 0.1) is 6.92 Å². The molecule has 1 N–H and O–H groups in total. The third kappa shape index (κ3) is 4.20. The predicted octanol–water partition coefficient (Wildman–Crippen LogP) is 3.19. The molecule has 1 saturated heterocycles. The standard InChI is InChI=1S/C16H23BrN2O2/c1-10-7-14(5-6-15(10)17)18-13(4)16(20)19-8-11(2)21-12(3)9-19/h5-7,11-13,18H,8-9H2,1-4H3/t11-,12-,13-/m1/s1. The van der Waals surface area contributed by atoms with E-state index in [0.717, 1.165) is 15.7 Å². The van der Waals surface area contributed by atoms with Gasteiger partial charge in [-0.1, -0.05) is 15.9 Å². The Hall–Kier alpha value is -1.07. The smallest absolute Gasteiger partial charge is 0.244 e. The highest BCUT2D eigenvalue weighted by atomic mass is 79.9. The lowest BCUT2D eigenvalue weighted by Crippen LogP contribution is -2.52. The lowest BCUT2D eigenvalue weighted by Gasteiger charge is -2.36. The molecule has 1 fully saturated rings. The fourth-order valence-electron chi connectivity index (χ4n) is 2.68. The van der Waals surface area contributed by atoms with Gasteiger partial charge in [-0.15, -0.1) is 0 Å². The van der Waals surface area contributed by atoms with Crippen LogP contribution >= 0.6 is 15.9 Å². The molecule has 0 bridgehead atoms. The van der Waals surface area contributed by atoms with Gasteiger partial charge in [-0.3, -0.25) is 4.79 Å². The Morgan fingerprint density at radius 2 is 2.00 bits per heavy atom. The molecule has 0 aromatic heterocycles. The quantitative estimate of drug-likeness (QED) is 0.906. The second kappa shape index (κ2) is 6.79. The number of anilines is 1. The van der Waals surface area contributed by atoms with E-state index < -0.39 is 0 Å². The first-order chi connectivity index (χ1) is 9.86. The largest absolute Gasteiger partial charge is 0.374 e. The molecule has 0 saturated carbocycles. The van der Waals surface area contributed by atoms with Crippen molar-refractivity contribution in [2.75, 3.05) is 18.4 Å². The number of rotatable bonds is 3. The van der Waals surface area contributed by atoms with E-state index in [1.807, 2.05) is 50.8 Å². The highest BCUT2D eigenvalue weighted by Crippen LogP contribution is 2.21. The zero-order valence-electron chi connectivity index (χ0n) is 13.0. The van der Waals surface area contributed by atoms with Gasteiger partial charge in [0.05, 0.1) is 12.2 Å². The minimum absolute atomic E-state index is 0.0971. The fourth-order valence-corrected chi connectivity index (χ4v) is 2.92. The molecule has 1 aromatic carbocycles. The number of hydrogen-bond acceptors (Lipinski definition) is 3. The summed E-state index contributed by atoms with van der Waals surface area (Å²) in [5.74, 6) is 0.123. The van der Waals surface area contributed by atoms with Gasteiger partial charge in [0.25, 0.3) is 0 Å². The van der Waals surface area contributed by atoms with E-state index in [4.69, 9.17) is 4.74 Å². The molecule has 21 heavy (non-hydrogen) atoms. The van der Waals surface area contributed by atoms with E-state index in [1.54, 1.807) is 0 Å². The molecule has 0 spiro atoms. The average molecular weight is 355 g/mol. The maximum atomic E-state index is 12.5. The molecule has 0 unspecified atom stereocenters. The molecule has 1 aromatic rings. The summed E-state index contributed by atoms with van der Waals surface area (Å²) < 4.78 is 6.75. The average Bonchev–Trinajstić information content (AvgIpc) is 2.41. The van der Waals surface area contributed by atoms with Crippen molar-refractivity contribution >= 4 is 27.5 Å². The van der Waals surface area contributed by atoms with Crippen LogP contribution in [0.4, 0.5) is 5.69 Å². The third-order valence-corrected chi connectivity index (χ3v) is 4.53. The molecular formula is C16H23BrN2O2. The minimum Gasteiger partial charge on any atom is -0.374 e. The highest BCUT2D eigenvalue weighted by Gasteiger charge is 2.28. The van der Waals surface area contributed by atoms with Crippen LogP contribution in [0.3, 0.4) is 0 Å². The second-order valence-electron chi connectivity index (χ2n) is 5.83. The van der Waals surface area contributed by atoms with Crippen molar-refractivity contribution in [2.24, 2.45) is 0 Å². The van der Waals surface area contributed by atoms with Gasteiger partial charge < -0.3 is 15.0 Å². The summed E-state index contributed by atoms with van der Waals surface area (Å²) >= 11 is 3.48. The molecule has 3 atom stereocenters. The third-order valence-electron chi connectivity index (χ3n) is 3.64. The maximum absolute atomic E-state index is 12.5. The van der Waals surface area contributed by atoms with Gasteiger partial charge in [0.1, 0.15) is 6.04 Å². The van der Waals surface area contributed by atoms with Crippen LogP contribution in [0.5, 0.6) is 0 Å². The van der Waals surface area contributed by atoms with Gasteiger partial charge in [0.2, 0.25) is 5.91 Å². The highest BCUT2D eigenvalue weighted by molar-refractivity contribution is 9.10. The summed E-state index contributed by atoms with van der Waals surface area (Å²) in [5, 5.41) is 3.28. The number of nitrogens with zero attached hydrogens (tertiary/aromatic N) is 1. The normalized spacial score (nSPS) is 23.8. The molecule has 4 nitrogen and oxygen atoms in total. The Labute approximate surface area is 135 Å². The van der Waals surface area contributed by atoms with Crippen molar-refractivity contribution < 1.29 is 9.53 Å². The Morgan fingerprint density at radius 1 is 1.38 bits per heavy atom. The van der Waals surface area contributed by atoms with Gasteiger partial charge in [-0.2, -0.15) is 0 Å². The number of morpholine rings is 1. The van der Waals surface area contributed by atoms with Crippen LogP contribution in [-0.2, 0) is 9.53 Å². The SMILES string of the molecule is Cc1cc(N[C@H](C)C(=O)N2C[C@@H](C)O[C@H](C)C2)ccc1Br. The van der Waals surface area contributed by atoms with Crippen molar-refractivity contribution in [3.63, 3.8) is 0 Å². The zero-order valence-corrected chi connectivity index (χ0v) is 14.6. The number of aryl methyl sites for hydroxylation is 1. The molecule has 116 valence electrons. The Balaban J connectivity index is 2.00. The number of amides is 1. The van der Waals surface area contributed by atoms with Gasteiger partial charge >= 0.3 is 0 Å². The van der Waals surface area contributed by atoms with Crippen molar-refractivity contribution in [1.82, 2.24) is 4.90 Å². The zero-order chi connectivity index (χ0) is 15.6. The molecule has 2 rings (SSSR count). The Bertz CT molecular complexity index is 511. The van der Waals surface area contributed by atoms with Crippen molar-refractivity contribution in [1.29, 1.82) is 0 Å². The first-order valence-electron chi connectivity index (χ1n) is 7.33. The first-order valence-corrected chi connectivity index (χ1v) is 8.13. The number of halogens is 1. The van der Waals surface area contributed by atoms with Crippen LogP contribution < -0.4 is 5.32 Å². The minimum atomic E-state index is -0.247. The van der Waals surface area contributed by atoms with E-state index in [0.29, 0.717) is 13.1 Å². The van der Waals surface area contributed by atoms with Crippen LogP contribution in [-0.4, -0.2) is 42.1 Å². The van der Waals surface area contributed by atoms with E-state index >= 15 is 0 Å². The number of hydrogen-bond donors (Lipinski definition) is 1. The van der Waals surface area contributed by atoms with Crippen LogP contribution in [0.15, 0.2) is 22.7 Å². The molecule has 5 heteroatoms. The van der Waals surface area contributed by atoms with Crippen molar-refractivity contribution in [3.05, 3.63) is 28.2 Å². The topological polar surface area (TPSA) is 41.6 Å². The lowest BCUT2D eigenvalue weighted by molar-refractivity contribution is -0.143. The molecule has 0 radical (unpaired) electrons. The van der Waals surface area contributed by atoms with Gasteiger partial charge in [0, 0.05) is 23.2 Å². The summed E-state index contributed by atoms with van der Waals surface area (Å²) in [7, 11) is 0. The number of carbonyl (C=O) groups excluding carboxylic acids is 1. The summed E-state index contributed by atoms with van der Waals surface area (Å²) in [4.78, 5) is 14.4. The lowest BCUT2D eigenvalue weighted by atomic mass is 10.1. The molecule has 1 aliphatic rings. The summed E-state index contributed by atoms with van der Waals surface area (Å²) in [6.07, 6.45) is 0.194. The second-order valence-corrected chi connectivity index (χ2v) is 6.68. The van der Waals surface area contributed by atoms with Gasteiger partial charge in [0.15, 0.2) is 0 Å². The van der Waals surface area contributed by atoms with E-state index in [9.17, 15) is 4.79 Å². The first kappa shape index (κ1) is 16.3. The number of nitrogens with one attached hydrogen (secondary N) is 1. The molecule has 1 heterocycles. The van der Waals surface area contributed by atoms with E-state index in [1.165, 1.54) is 0 Å².